The lowest BCUT2D eigenvalue weighted by Gasteiger charge is -2.24. The molecule has 0 atom stereocenters. The van der Waals surface area contributed by atoms with Crippen molar-refractivity contribution in [3.8, 4) is 0 Å². The zero-order valence-corrected chi connectivity index (χ0v) is 10.7. The van der Waals surface area contributed by atoms with Crippen molar-refractivity contribution >= 4 is 40.6 Å². The van der Waals surface area contributed by atoms with Crippen molar-refractivity contribution in [2.75, 3.05) is 30.0 Å². The molecular formula is C11H13ClN2O2S. The van der Waals surface area contributed by atoms with Gasteiger partial charge in [0.2, 0.25) is 5.91 Å². The van der Waals surface area contributed by atoms with E-state index < -0.39 is 0 Å². The Morgan fingerprint density at radius 2 is 2.35 bits per heavy atom. The van der Waals surface area contributed by atoms with Crippen LogP contribution in [0.3, 0.4) is 0 Å². The van der Waals surface area contributed by atoms with Crippen molar-refractivity contribution in [2.45, 2.75) is 5.25 Å². The van der Waals surface area contributed by atoms with Gasteiger partial charge in [-0.2, -0.15) is 0 Å². The number of carbonyl (C=O) groups is 1. The zero-order valence-electron chi connectivity index (χ0n) is 9.11. The first-order valence-corrected chi connectivity index (χ1v) is 6.62. The molecule has 0 aliphatic carbocycles. The molecule has 4 nitrogen and oxygen atoms in total. The van der Waals surface area contributed by atoms with Crippen LogP contribution in [0.25, 0.3) is 0 Å². The van der Waals surface area contributed by atoms with Gasteiger partial charge in [0.25, 0.3) is 0 Å². The highest BCUT2D eigenvalue weighted by Crippen LogP contribution is 2.23. The minimum absolute atomic E-state index is 0.0383. The van der Waals surface area contributed by atoms with Gasteiger partial charge in [-0.25, -0.2) is 0 Å². The molecule has 1 aliphatic rings. The molecule has 0 radical (unpaired) electrons. The normalized spacial score (nSPS) is 15.4. The Labute approximate surface area is 109 Å². The maximum atomic E-state index is 11.6. The van der Waals surface area contributed by atoms with Gasteiger partial charge in [0.05, 0.1) is 34.9 Å². The summed E-state index contributed by atoms with van der Waals surface area (Å²) in [5.41, 5.74) is 6.78. The smallest absolute Gasteiger partial charge is 0.234 e. The average Bonchev–Trinajstić information content (AvgIpc) is 2.21. The van der Waals surface area contributed by atoms with E-state index in [-0.39, 0.29) is 5.91 Å². The molecule has 1 aromatic rings. The number of nitrogens with two attached hydrogens (primary N) is 1. The molecule has 0 bridgehead atoms. The minimum Gasteiger partial charge on any atom is -0.397 e. The van der Waals surface area contributed by atoms with E-state index in [0.717, 1.165) is 13.2 Å². The lowest BCUT2D eigenvalue weighted by Crippen LogP contribution is -2.31. The summed E-state index contributed by atoms with van der Waals surface area (Å²) in [6.45, 7) is 1.48. The predicted octanol–water partition coefficient (Wildman–Crippen LogP) is 1.99. The number of carbonyl (C=O) groups excluding carboxylic acids is 1. The molecule has 0 aromatic heterocycles. The number of rotatable bonds is 4. The molecule has 0 spiro atoms. The van der Waals surface area contributed by atoms with Gasteiger partial charge in [0.15, 0.2) is 0 Å². The second kappa shape index (κ2) is 5.62. The topological polar surface area (TPSA) is 64.3 Å². The number of hydrogen-bond acceptors (Lipinski definition) is 4. The quantitative estimate of drug-likeness (QED) is 0.823. The van der Waals surface area contributed by atoms with Gasteiger partial charge in [-0.3, -0.25) is 4.79 Å². The number of benzene rings is 1. The Bertz CT molecular complexity index is 424. The van der Waals surface area contributed by atoms with Crippen LogP contribution in [-0.2, 0) is 9.53 Å². The first kappa shape index (κ1) is 12.5. The van der Waals surface area contributed by atoms with Gasteiger partial charge in [0.1, 0.15) is 0 Å². The van der Waals surface area contributed by atoms with E-state index in [1.54, 1.807) is 30.0 Å². The van der Waals surface area contributed by atoms with E-state index >= 15 is 0 Å². The van der Waals surface area contributed by atoms with Crippen molar-refractivity contribution in [1.82, 2.24) is 0 Å². The van der Waals surface area contributed by atoms with Crippen molar-refractivity contribution in [3.05, 3.63) is 23.2 Å². The Morgan fingerprint density at radius 3 is 2.94 bits per heavy atom. The zero-order chi connectivity index (χ0) is 12.3. The first-order valence-electron chi connectivity index (χ1n) is 5.19. The van der Waals surface area contributed by atoms with Crippen LogP contribution in [0, 0.1) is 0 Å². The van der Waals surface area contributed by atoms with E-state index in [9.17, 15) is 4.79 Å². The van der Waals surface area contributed by atoms with Gasteiger partial charge < -0.3 is 15.8 Å². The van der Waals surface area contributed by atoms with Gasteiger partial charge in [-0.05, 0) is 18.2 Å². The maximum absolute atomic E-state index is 11.6. The summed E-state index contributed by atoms with van der Waals surface area (Å²) in [4.78, 5) is 11.6. The van der Waals surface area contributed by atoms with Gasteiger partial charge >= 0.3 is 0 Å². The van der Waals surface area contributed by atoms with Crippen molar-refractivity contribution < 1.29 is 9.53 Å². The summed E-state index contributed by atoms with van der Waals surface area (Å²) in [5.74, 6) is 0.389. The highest BCUT2D eigenvalue weighted by atomic mass is 35.5. The summed E-state index contributed by atoms with van der Waals surface area (Å²) in [5, 5.41) is 3.72. The minimum atomic E-state index is -0.0383. The number of nitrogen functional groups attached to an aromatic ring is 1. The Morgan fingerprint density at radius 1 is 1.59 bits per heavy atom. The third kappa shape index (κ3) is 3.52. The Balaban J connectivity index is 1.82. The molecular weight excluding hydrogens is 260 g/mol. The number of ether oxygens (including phenoxy) is 1. The van der Waals surface area contributed by atoms with E-state index in [0.29, 0.717) is 27.4 Å². The van der Waals surface area contributed by atoms with Crippen LogP contribution in [-0.4, -0.2) is 30.1 Å². The monoisotopic (exact) mass is 272 g/mol. The number of anilines is 2. The molecule has 2 rings (SSSR count). The highest BCUT2D eigenvalue weighted by molar-refractivity contribution is 8.00. The van der Waals surface area contributed by atoms with Crippen LogP contribution < -0.4 is 11.1 Å². The lowest BCUT2D eigenvalue weighted by molar-refractivity contribution is -0.113. The standard InChI is InChI=1S/C11H13ClN2O2S/c12-9-2-1-7(3-10(9)13)14-11(15)6-17-8-4-16-5-8/h1-3,8H,4-6,13H2,(H,14,15). The molecule has 1 amide bonds. The number of hydrogen-bond donors (Lipinski definition) is 2. The molecule has 3 N–H and O–H groups in total. The number of nitrogens with one attached hydrogen (secondary N) is 1. The summed E-state index contributed by atoms with van der Waals surface area (Å²) in [7, 11) is 0. The van der Waals surface area contributed by atoms with Gasteiger partial charge in [-0.15, -0.1) is 11.8 Å². The average molecular weight is 273 g/mol. The highest BCUT2D eigenvalue weighted by Gasteiger charge is 2.19. The molecule has 6 heteroatoms. The van der Waals surface area contributed by atoms with E-state index in [4.69, 9.17) is 22.1 Å². The molecule has 1 aliphatic heterocycles. The third-order valence-corrected chi connectivity index (χ3v) is 3.85. The lowest BCUT2D eigenvalue weighted by atomic mass is 10.3. The Kier molecular flexibility index (Phi) is 4.15. The van der Waals surface area contributed by atoms with E-state index in [1.165, 1.54) is 0 Å². The largest absolute Gasteiger partial charge is 0.397 e. The fourth-order valence-corrected chi connectivity index (χ4v) is 2.28. The van der Waals surface area contributed by atoms with E-state index in [2.05, 4.69) is 5.32 Å². The summed E-state index contributed by atoms with van der Waals surface area (Å²) >= 11 is 7.39. The molecule has 1 aromatic carbocycles. The van der Waals surface area contributed by atoms with Crippen LogP contribution in [0.1, 0.15) is 0 Å². The van der Waals surface area contributed by atoms with Crippen LogP contribution in [0.2, 0.25) is 5.02 Å². The van der Waals surface area contributed by atoms with Crippen LogP contribution in [0.4, 0.5) is 11.4 Å². The van der Waals surface area contributed by atoms with Crippen LogP contribution in [0.5, 0.6) is 0 Å². The second-order valence-electron chi connectivity index (χ2n) is 3.75. The molecule has 1 saturated heterocycles. The van der Waals surface area contributed by atoms with E-state index in [1.807, 2.05) is 0 Å². The fourth-order valence-electron chi connectivity index (χ4n) is 1.32. The molecule has 1 fully saturated rings. The summed E-state index contributed by atoms with van der Waals surface area (Å²) in [6.07, 6.45) is 0. The first-order chi connectivity index (χ1) is 8.15. The molecule has 17 heavy (non-hydrogen) atoms. The Hall–Kier alpha value is -0.910. The molecule has 0 unspecified atom stereocenters. The predicted molar refractivity (Wildman–Crippen MR) is 71.6 cm³/mol. The van der Waals surface area contributed by atoms with Gasteiger partial charge in [0, 0.05) is 5.69 Å². The van der Waals surface area contributed by atoms with Gasteiger partial charge in [-0.1, -0.05) is 11.6 Å². The second-order valence-corrected chi connectivity index (χ2v) is 5.45. The van der Waals surface area contributed by atoms with Crippen molar-refractivity contribution in [1.29, 1.82) is 0 Å². The number of halogens is 1. The maximum Gasteiger partial charge on any atom is 0.234 e. The van der Waals surface area contributed by atoms with Crippen molar-refractivity contribution in [2.24, 2.45) is 0 Å². The third-order valence-electron chi connectivity index (χ3n) is 2.34. The number of amides is 1. The molecule has 0 saturated carbocycles. The number of thioether (sulfide) groups is 1. The van der Waals surface area contributed by atoms with Crippen LogP contribution >= 0.6 is 23.4 Å². The molecule has 92 valence electrons. The summed E-state index contributed by atoms with van der Waals surface area (Å²) in [6, 6.07) is 5.05. The fraction of sp³-hybridized carbons (Fsp3) is 0.364. The molecule has 1 heterocycles. The van der Waals surface area contributed by atoms with Crippen molar-refractivity contribution in [3.63, 3.8) is 0 Å². The summed E-state index contributed by atoms with van der Waals surface area (Å²) < 4.78 is 5.03. The SMILES string of the molecule is Nc1cc(NC(=O)CSC2COC2)ccc1Cl. The van der Waals surface area contributed by atoms with Crippen LogP contribution in [0.15, 0.2) is 18.2 Å².